The molecule has 0 saturated heterocycles. The molecule has 1 aromatic carbocycles. The number of benzene rings is 1. The Morgan fingerprint density at radius 3 is 2.76 bits per heavy atom. The first-order chi connectivity index (χ1) is 8.04. The Bertz CT molecular complexity index is 597. The number of hydrogen-bond donors (Lipinski definition) is 3. The lowest BCUT2D eigenvalue weighted by atomic mass is 9.98. The van der Waals surface area contributed by atoms with Crippen molar-refractivity contribution in [2.75, 3.05) is 0 Å². The fraction of sp³-hybridized carbons (Fsp3) is 0.333. The summed E-state index contributed by atoms with van der Waals surface area (Å²) in [5.41, 5.74) is 2.33. The van der Waals surface area contributed by atoms with Crippen LogP contribution in [0.5, 0.6) is 0 Å². The van der Waals surface area contributed by atoms with E-state index in [1.165, 1.54) is 0 Å². The number of aliphatic carboxylic acids is 1. The molecule has 1 atom stereocenters. The van der Waals surface area contributed by atoms with Crippen molar-refractivity contribution in [3.05, 3.63) is 34.2 Å². The lowest BCUT2D eigenvalue weighted by molar-refractivity contribution is -0.137. The van der Waals surface area contributed by atoms with E-state index in [4.69, 9.17) is 5.11 Å². The number of fused-ring (bicyclic) bond motifs is 1. The van der Waals surface area contributed by atoms with E-state index >= 15 is 0 Å². The molecule has 5 heteroatoms. The maximum Gasteiger partial charge on any atom is 0.323 e. The molecule has 0 radical (unpaired) electrons. The van der Waals surface area contributed by atoms with Gasteiger partial charge in [-0.05, 0) is 30.0 Å². The third-order valence-electron chi connectivity index (χ3n) is 2.69. The summed E-state index contributed by atoms with van der Waals surface area (Å²) in [5, 5.41) is 8.68. The van der Waals surface area contributed by atoms with Crippen molar-refractivity contribution in [2.24, 2.45) is 5.92 Å². The van der Waals surface area contributed by atoms with Gasteiger partial charge in [0.1, 0.15) is 0 Å². The molecule has 2 rings (SSSR count). The van der Waals surface area contributed by atoms with Crippen molar-refractivity contribution in [3.63, 3.8) is 0 Å². The van der Waals surface area contributed by atoms with Gasteiger partial charge in [-0.2, -0.15) is 0 Å². The molecule has 90 valence electrons. The number of nitrogens with one attached hydrogen (secondary N) is 2. The minimum Gasteiger partial charge on any atom is -0.481 e. The lowest BCUT2D eigenvalue weighted by Gasteiger charge is -2.08. The summed E-state index contributed by atoms with van der Waals surface area (Å²) in [6.07, 6.45) is 0.844. The number of aromatic amines is 2. The monoisotopic (exact) mass is 234 g/mol. The van der Waals surface area contributed by atoms with Crippen molar-refractivity contribution in [3.8, 4) is 0 Å². The van der Waals surface area contributed by atoms with E-state index in [0.29, 0.717) is 6.42 Å². The summed E-state index contributed by atoms with van der Waals surface area (Å²) in [7, 11) is 0. The first kappa shape index (κ1) is 11.4. The number of imidazole rings is 1. The van der Waals surface area contributed by atoms with Crippen LogP contribution < -0.4 is 5.69 Å². The van der Waals surface area contributed by atoms with Crippen molar-refractivity contribution >= 4 is 17.0 Å². The van der Waals surface area contributed by atoms with Crippen LogP contribution in [0.4, 0.5) is 0 Å². The number of carboxylic acids is 1. The van der Waals surface area contributed by atoms with Crippen LogP contribution in [-0.2, 0) is 11.2 Å². The standard InChI is InChI=1S/C12H14N2O3/c1-7(5-11(15)16)4-8-2-3-9-10(6-8)14-12(17)13-9/h2-3,6-7H,4-5H2,1H3,(H,15,16)(H2,13,14,17). The highest BCUT2D eigenvalue weighted by Crippen LogP contribution is 2.15. The maximum atomic E-state index is 11.1. The highest BCUT2D eigenvalue weighted by atomic mass is 16.4. The van der Waals surface area contributed by atoms with Gasteiger partial charge in [-0.15, -0.1) is 0 Å². The van der Waals surface area contributed by atoms with E-state index in [9.17, 15) is 9.59 Å². The fourth-order valence-corrected chi connectivity index (χ4v) is 1.98. The highest BCUT2D eigenvalue weighted by molar-refractivity contribution is 5.75. The Morgan fingerprint density at radius 1 is 1.35 bits per heavy atom. The quantitative estimate of drug-likeness (QED) is 0.749. The predicted molar refractivity (Wildman–Crippen MR) is 64.0 cm³/mol. The Hall–Kier alpha value is -2.04. The van der Waals surface area contributed by atoms with Crippen molar-refractivity contribution < 1.29 is 9.90 Å². The Balaban J connectivity index is 2.18. The molecule has 1 aromatic heterocycles. The maximum absolute atomic E-state index is 11.1. The molecule has 1 unspecified atom stereocenters. The molecule has 2 aromatic rings. The molecule has 1 heterocycles. The molecule has 0 aliphatic heterocycles. The van der Waals surface area contributed by atoms with Crippen LogP contribution in [0.3, 0.4) is 0 Å². The van der Waals surface area contributed by atoms with Gasteiger partial charge in [-0.25, -0.2) is 4.79 Å². The van der Waals surface area contributed by atoms with Crippen LogP contribution in [-0.4, -0.2) is 21.0 Å². The smallest absolute Gasteiger partial charge is 0.323 e. The number of aromatic nitrogens is 2. The molecule has 5 nitrogen and oxygen atoms in total. The average molecular weight is 234 g/mol. The Labute approximate surface area is 97.5 Å². The summed E-state index contributed by atoms with van der Waals surface area (Å²) in [4.78, 5) is 27.0. The van der Waals surface area contributed by atoms with Crippen molar-refractivity contribution in [1.82, 2.24) is 9.97 Å². The van der Waals surface area contributed by atoms with E-state index in [1.807, 2.05) is 25.1 Å². The number of rotatable bonds is 4. The van der Waals surface area contributed by atoms with Crippen LogP contribution in [0.1, 0.15) is 18.9 Å². The summed E-state index contributed by atoms with van der Waals surface area (Å²) < 4.78 is 0. The zero-order valence-electron chi connectivity index (χ0n) is 9.49. The molecule has 17 heavy (non-hydrogen) atoms. The number of H-pyrrole nitrogens is 2. The molecule has 0 saturated carbocycles. The minimum atomic E-state index is -0.784. The summed E-state index contributed by atoms with van der Waals surface area (Å²) in [5.74, 6) is -0.704. The van der Waals surface area contributed by atoms with Gasteiger partial charge < -0.3 is 15.1 Å². The summed E-state index contributed by atoms with van der Waals surface area (Å²) >= 11 is 0. The highest BCUT2D eigenvalue weighted by Gasteiger charge is 2.09. The SMILES string of the molecule is CC(CC(=O)O)Cc1ccc2[nH]c(=O)[nH]c2c1. The van der Waals surface area contributed by atoms with E-state index < -0.39 is 5.97 Å². The second-order valence-corrected chi connectivity index (χ2v) is 4.37. The van der Waals surface area contributed by atoms with Crippen LogP contribution in [0.25, 0.3) is 11.0 Å². The normalized spacial score (nSPS) is 12.8. The third kappa shape index (κ3) is 2.75. The number of hydrogen-bond acceptors (Lipinski definition) is 2. The molecular formula is C12H14N2O3. The van der Waals surface area contributed by atoms with Gasteiger partial charge in [0.25, 0.3) is 0 Å². The third-order valence-corrected chi connectivity index (χ3v) is 2.69. The topological polar surface area (TPSA) is 85.9 Å². The van der Waals surface area contributed by atoms with Crippen molar-refractivity contribution in [2.45, 2.75) is 19.8 Å². The van der Waals surface area contributed by atoms with Gasteiger partial charge in [0.2, 0.25) is 0 Å². The van der Waals surface area contributed by atoms with Gasteiger partial charge in [-0.3, -0.25) is 4.79 Å². The van der Waals surface area contributed by atoms with Crippen LogP contribution >= 0.6 is 0 Å². The molecule has 0 aliphatic rings. The van der Waals surface area contributed by atoms with Gasteiger partial charge in [0.05, 0.1) is 11.0 Å². The largest absolute Gasteiger partial charge is 0.481 e. The first-order valence-electron chi connectivity index (χ1n) is 5.47. The molecule has 0 aliphatic carbocycles. The predicted octanol–water partition coefficient (Wildman–Crippen LogP) is 1.51. The molecule has 0 amide bonds. The molecule has 0 fully saturated rings. The Morgan fingerprint density at radius 2 is 2.06 bits per heavy atom. The van der Waals surface area contributed by atoms with Gasteiger partial charge >= 0.3 is 11.7 Å². The van der Waals surface area contributed by atoms with Crippen LogP contribution in [0.2, 0.25) is 0 Å². The number of carbonyl (C=O) groups is 1. The summed E-state index contributed by atoms with van der Waals surface area (Å²) in [6, 6.07) is 5.62. The fourth-order valence-electron chi connectivity index (χ4n) is 1.98. The zero-order chi connectivity index (χ0) is 12.4. The summed E-state index contributed by atoms with van der Waals surface area (Å²) in [6.45, 7) is 1.90. The second kappa shape index (κ2) is 4.45. The molecule has 0 bridgehead atoms. The lowest BCUT2D eigenvalue weighted by Crippen LogP contribution is -2.06. The van der Waals surface area contributed by atoms with Crippen LogP contribution in [0.15, 0.2) is 23.0 Å². The molecular weight excluding hydrogens is 220 g/mol. The van der Waals surface area contributed by atoms with E-state index in [-0.39, 0.29) is 18.0 Å². The molecule has 3 N–H and O–H groups in total. The second-order valence-electron chi connectivity index (χ2n) is 4.37. The Kier molecular flexibility index (Phi) is 2.99. The van der Waals surface area contributed by atoms with Gasteiger partial charge in [-0.1, -0.05) is 13.0 Å². The molecule has 0 spiro atoms. The average Bonchev–Trinajstić information content (AvgIpc) is 2.55. The zero-order valence-corrected chi connectivity index (χ0v) is 9.49. The van der Waals surface area contributed by atoms with Crippen molar-refractivity contribution in [1.29, 1.82) is 0 Å². The minimum absolute atomic E-state index is 0.0793. The van der Waals surface area contributed by atoms with Gasteiger partial charge in [0.15, 0.2) is 0 Å². The first-order valence-corrected chi connectivity index (χ1v) is 5.47. The van der Waals surface area contributed by atoms with E-state index in [2.05, 4.69) is 9.97 Å². The van der Waals surface area contributed by atoms with Crippen LogP contribution in [0, 0.1) is 5.92 Å². The van der Waals surface area contributed by atoms with E-state index in [0.717, 1.165) is 16.6 Å². The van der Waals surface area contributed by atoms with Gasteiger partial charge in [0, 0.05) is 6.42 Å². The number of carboxylic acid groups (broad SMARTS) is 1. The van der Waals surface area contributed by atoms with E-state index in [1.54, 1.807) is 0 Å².